The maximum absolute atomic E-state index is 13.5. The summed E-state index contributed by atoms with van der Waals surface area (Å²) in [5.41, 5.74) is -0.0674. The summed E-state index contributed by atoms with van der Waals surface area (Å²) in [4.78, 5) is 35.3. The van der Waals surface area contributed by atoms with Gasteiger partial charge in [0.1, 0.15) is 18.9 Å². The van der Waals surface area contributed by atoms with Crippen molar-refractivity contribution < 1.29 is 28.2 Å². The van der Waals surface area contributed by atoms with E-state index in [1.54, 1.807) is 0 Å². The Morgan fingerprint density at radius 1 is 1.10 bits per heavy atom. The summed E-state index contributed by atoms with van der Waals surface area (Å²) in [6, 6.07) is 4.69. The minimum Gasteiger partial charge on any atom is -0.468 e. The maximum atomic E-state index is 13.5. The summed E-state index contributed by atoms with van der Waals surface area (Å²) in [6.07, 6.45) is 0. The van der Waals surface area contributed by atoms with E-state index in [0.717, 1.165) is 19.1 Å². The van der Waals surface area contributed by atoms with Crippen LogP contribution >= 0.6 is 0 Å². The van der Waals surface area contributed by atoms with Crippen molar-refractivity contribution in [3.63, 3.8) is 0 Å². The zero-order chi connectivity index (χ0) is 15.8. The van der Waals surface area contributed by atoms with E-state index < -0.39 is 36.9 Å². The molecule has 7 nitrogen and oxygen atoms in total. The van der Waals surface area contributed by atoms with Crippen LogP contribution in [0.1, 0.15) is 0 Å². The molecule has 0 aliphatic rings. The Hall–Kier alpha value is -2.64. The fraction of sp³-hybridized carbons (Fsp3) is 0.308. The molecule has 0 atom stereocenters. The molecule has 21 heavy (non-hydrogen) atoms. The summed E-state index contributed by atoms with van der Waals surface area (Å²) < 4.78 is 22.3. The molecule has 0 heterocycles. The van der Waals surface area contributed by atoms with Crippen LogP contribution < -0.4 is 5.32 Å². The van der Waals surface area contributed by atoms with Crippen LogP contribution in [0.5, 0.6) is 0 Å². The number of rotatable bonds is 5. The Morgan fingerprint density at radius 3 is 2.10 bits per heavy atom. The number of carbonyl (C=O) groups is 3. The molecule has 1 aromatic rings. The molecule has 0 unspecified atom stereocenters. The van der Waals surface area contributed by atoms with E-state index >= 15 is 0 Å². The number of halogens is 1. The van der Waals surface area contributed by atoms with Crippen LogP contribution in [0.15, 0.2) is 24.3 Å². The quantitative estimate of drug-likeness (QED) is 0.820. The molecule has 0 bridgehead atoms. The molecule has 0 saturated carbocycles. The number of amides is 2. The van der Waals surface area contributed by atoms with Gasteiger partial charge in [0.05, 0.1) is 19.9 Å². The number of nitrogens with zero attached hydrogens (tertiary/aromatic N) is 1. The predicted octanol–water partition coefficient (Wildman–Crippen LogP) is 1.01. The molecule has 2 amide bonds. The van der Waals surface area contributed by atoms with Crippen molar-refractivity contribution in [1.82, 2.24) is 4.90 Å². The summed E-state index contributed by atoms with van der Waals surface area (Å²) in [5.74, 6) is -2.08. The first-order chi connectivity index (χ1) is 9.97. The first-order valence-electron chi connectivity index (χ1n) is 5.92. The molecule has 0 spiro atoms. The molecule has 0 radical (unpaired) electrons. The van der Waals surface area contributed by atoms with E-state index in [4.69, 9.17) is 0 Å². The van der Waals surface area contributed by atoms with Gasteiger partial charge in [-0.25, -0.2) is 9.18 Å². The lowest BCUT2D eigenvalue weighted by Gasteiger charge is -2.20. The second kappa shape index (κ2) is 7.83. The molecular formula is C13H15FN2O5. The third kappa shape index (κ3) is 5.09. The molecule has 0 aliphatic carbocycles. The Bertz CT molecular complexity index is 517. The van der Waals surface area contributed by atoms with Gasteiger partial charge in [-0.3, -0.25) is 9.59 Å². The normalized spacial score (nSPS) is 9.67. The van der Waals surface area contributed by atoms with Crippen LogP contribution in [-0.2, 0) is 19.1 Å². The SMILES string of the molecule is COC(=O)CN(CC(=O)OC)C(=O)Nc1ccccc1F. The average molecular weight is 298 g/mol. The number of carbonyl (C=O) groups excluding carboxylic acids is 3. The van der Waals surface area contributed by atoms with Gasteiger partial charge in [-0.1, -0.05) is 12.1 Å². The standard InChI is InChI=1S/C13H15FN2O5/c1-20-11(17)7-16(8-12(18)21-2)13(19)15-10-6-4-3-5-9(10)14/h3-6H,7-8H2,1-2H3,(H,15,19). The van der Waals surface area contributed by atoms with E-state index in [9.17, 15) is 18.8 Å². The van der Waals surface area contributed by atoms with E-state index in [1.807, 2.05) is 0 Å². The average Bonchev–Trinajstić information content (AvgIpc) is 2.48. The molecule has 0 aliphatic heterocycles. The van der Waals surface area contributed by atoms with Crippen molar-refractivity contribution in [2.75, 3.05) is 32.6 Å². The topological polar surface area (TPSA) is 84.9 Å². The highest BCUT2D eigenvalue weighted by molar-refractivity contribution is 5.93. The molecule has 114 valence electrons. The van der Waals surface area contributed by atoms with Crippen LogP contribution in [-0.4, -0.2) is 50.2 Å². The molecule has 1 aromatic carbocycles. The fourth-order valence-electron chi connectivity index (χ4n) is 1.40. The summed E-state index contributed by atoms with van der Waals surface area (Å²) in [6.45, 7) is -0.933. The molecule has 0 fully saturated rings. The van der Waals surface area contributed by atoms with Crippen LogP contribution in [0.25, 0.3) is 0 Å². The van der Waals surface area contributed by atoms with Crippen LogP contribution in [0.2, 0.25) is 0 Å². The van der Waals surface area contributed by atoms with Gasteiger partial charge in [-0.2, -0.15) is 0 Å². The first kappa shape index (κ1) is 16.4. The number of benzene rings is 1. The monoisotopic (exact) mass is 298 g/mol. The third-order valence-electron chi connectivity index (χ3n) is 2.50. The minimum absolute atomic E-state index is 0.0674. The zero-order valence-electron chi connectivity index (χ0n) is 11.6. The number of nitrogens with one attached hydrogen (secondary N) is 1. The smallest absolute Gasteiger partial charge is 0.325 e. The fourth-order valence-corrected chi connectivity index (χ4v) is 1.40. The Labute approximate surface area is 120 Å². The summed E-state index contributed by atoms with van der Waals surface area (Å²) in [7, 11) is 2.29. The number of para-hydroxylation sites is 1. The molecular weight excluding hydrogens is 283 g/mol. The van der Waals surface area contributed by atoms with Crippen molar-refractivity contribution in [3.05, 3.63) is 30.1 Å². The second-order valence-electron chi connectivity index (χ2n) is 3.92. The van der Waals surface area contributed by atoms with E-state index in [-0.39, 0.29) is 5.69 Å². The number of hydrogen-bond donors (Lipinski definition) is 1. The molecule has 0 saturated heterocycles. The third-order valence-corrected chi connectivity index (χ3v) is 2.50. The number of ether oxygens (including phenoxy) is 2. The number of anilines is 1. The maximum Gasteiger partial charge on any atom is 0.325 e. The summed E-state index contributed by atoms with van der Waals surface area (Å²) in [5, 5.41) is 2.27. The second-order valence-corrected chi connectivity index (χ2v) is 3.92. The number of hydrogen-bond acceptors (Lipinski definition) is 5. The van der Waals surface area contributed by atoms with Crippen molar-refractivity contribution in [3.8, 4) is 0 Å². The lowest BCUT2D eigenvalue weighted by molar-refractivity contribution is -0.144. The van der Waals surface area contributed by atoms with Crippen molar-refractivity contribution >= 4 is 23.7 Å². The van der Waals surface area contributed by atoms with Gasteiger partial charge in [-0.15, -0.1) is 0 Å². The van der Waals surface area contributed by atoms with Crippen molar-refractivity contribution in [1.29, 1.82) is 0 Å². The number of urea groups is 1. The van der Waals surface area contributed by atoms with E-state index in [1.165, 1.54) is 24.3 Å². The van der Waals surface area contributed by atoms with Crippen LogP contribution in [0.4, 0.5) is 14.9 Å². The largest absolute Gasteiger partial charge is 0.468 e. The number of esters is 2. The van der Waals surface area contributed by atoms with E-state index in [0.29, 0.717) is 0 Å². The highest BCUT2D eigenvalue weighted by atomic mass is 19.1. The van der Waals surface area contributed by atoms with Crippen molar-refractivity contribution in [2.24, 2.45) is 0 Å². The lowest BCUT2D eigenvalue weighted by atomic mass is 10.3. The van der Waals surface area contributed by atoms with E-state index in [2.05, 4.69) is 14.8 Å². The molecule has 1 N–H and O–H groups in total. The predicted molar refractivity (Wildman–Crippen MR) is 71.0 cm³/mol. The lowest BCUT2D eigenvalue weighted by Crippen LogP contribution is -2.42. The highest BCUT2D eigenvalue weighted by Gasteiger charge is 2.21. The van der Waals surface area contributed by atoms with Gasteiger partial charge >= 0.3 is 18.0 Å². The van der Waals surface area contributed by atoms with Crippen LogP contribution in [0.3, 0.4) is 0 Å². The van der Waals surface area contributed by atoms with Gasteiger partial charge in [0.25, 0.3) is 0 Å². The Kier molecular flexibility index (Phi) is 6.12. The number of methoxy groups -OCH3 is 2. The Balaban J connectivity index is 2.81. The van der Waals surface area contributed by atoms with Gasteiger partial charge in [0, 0.05) is 0 Å². The minimum atomic E-state index is -0.823. The van der Waals surface area contributed by atoms with Gasteiger partial charge in [0.15, 0.2) is 0 Å². The molecule has 0 aromatic heterocycles. The molecule has 1 rings (SSSR count). The van der Waals surface area contributed by atoms with Gasteiger partial charge < -0.3 is 19.7 Å². The van der Waals surface area contributed by atoms with Gasteiger partial charge in [-0.05, 0) is 12.1 Å². The first-order valence-corrected chi connectivity index (χ1v) is 5.92. The molecule has 8 heteroatoms. The Morgan fingerprint density at radius 2 is 1.62 bits per heavy atom. The zero-order valence-corrected chi connectivity index (χ0v) is 11.6. The van der Waals surface area contributed by atoms with Crippen LogP contribution in [0, 0.1) is 5.82 Å². The summed E-state index contributed by atoms with van der Waals surface area (Å²) >= 11 is 0. The van der Waals surface area contributed by atoms with Crippen molar-refractivity contribution in [2.45, 2.75) is 0 Å². The van der Waals surface area contributed by atoms with Gasteiger partial charge in [0.2, 0.25) is 0 Å². The highest BCUT2D eigenvalue weighted by Crippen LogP contribution is 2.13.